The van der Waals surface area contributed by atoms with Crippen molar-refractivity contribution in [1.29, 1.82) is 0 Å². The molecule has 4 heteroatoms. The maximum absolute atomic E-state index is 13.4. The Kier molecular flexibility index (Phi) is 3.01. The Morgan fingerprint density at radius 2 is 2.12 bits per heavy atom. The van der Waals surface area contributed by atoms with Gasteiger partial charge in [0.2, 0.25) is 0 Å². The van der Waals surface area contributed by atoms with Crippen LogP contribution in [0.15, 0.2) is 30.3 Å². The van der Waals surface area contributed by atoms with E-state index in [2.05, 4.69) is 5.10 Å². The van der Waals surface area contributed by atoms with E-state index in [0.29, 0.717) is 12.0 Å². The standard InChI is InChI=1S/C12H13FN2O/c1-15-11(8-16)7-10(14-15)6-9-4-2-3-5-12(9)13/h2-5,7,16H,6,8H2,1H3. The minimum absolute atomic E-state index is 0.0548. The summed E-state index contributed by atoms with van der Waals surface area (Å²) >= 11 is 0. The Morgan fingerprint density at radius 3 is 2.75 bits per heavy atom. The molecule has 0 aliphatic carbocycles. The second-order valence-electron chi connectivity index (χ2n) is 3.68. The molecule has 1 aromatic heterocycles. The van der Waals surface area contributed by atoms with Crippen molar-refractivity contribution in [3.63, 3.8) is 0 Å². The first kappa shape index (κ1) is 10.8. The smallest absolute Gasteiger partial charge is 0.126 e. The average molecular weight is 220 g/mol. The monoisotopic (exact) mass is 220 g/mol. The van der Waals surface area contributed by atoms with Crippen LogP contribution in [0.4, 0.5) is 4.39 Å². The molecule has 0 unspecified atom stereocenters. The van der Waals surface area contributed by atoms with Crippen molar-refractivity contribution < 1.29 is 9.50 Å². The van der Waals surface area contributed by atoms with Crippen LogP contribution in [0, 0.1) is 5.82 Å². The van der Waals surface area contributed by atoms with Gasteiger partial charge in [0.1, 0.15) is 5.82 Å². The number of aromatic nitrogens is 2. The highest BCUT2D eigenvalue weighted by Crippen LogP contribution is 2.13. The molecule has 1 N–H and O–H groups in total. The van der Waals surface area contributed by atoms with Gasteiger partial charge < -0.3 is 5.11 Å². The predicted octanol–water partition coefficient (Wildman–Crippen LogP) is 1.64. The van der Waals surface area contributed by atoms with Crippen LogP contribution in [0.1, 0.15) is 17.0 Å². The molecule has 84 valence electrons. The third-order valence-corrected chi connectivity index (χ3v) is 2.52. The molecule has 1 aromatic carbocycles. The molecular formula is C12H13FN2O. The van der Waals surface area contributed by atoms with Crippen LogP contribution in [0.25, 0.3) is 0 Å². The van der Waals surface area contributed by atoms with Gasteiger partial charge in [-0.15, -0.1) is 0 Å². The van der Waals surface area contributed by atoms with E-state index >= 15 is 0 Å². The number of nitrogens with zero attached hydrogens (tertiary/aromatic N) is 2. The molecule has 0 saturated carbocycles. The summed E-state index contributed by atoms with van der Waals surface area (Å²) in [5.74, 6) is -0.223. The molecule has 0 atom stereocenters. The van der Waals surface area contributed by atoms with E-state index in [1.807, 2.05) is 0 Å². The number of aliphatic hydroxyl groups is 1. The second-order valence-corrected chi connectivity index (χ2v) is 3.68. The molecule has 0 fully saturated rings. The van der Waals surface area contributed by atoms with E-state index in [-0.39, 0.29) is 12.4 Å². The minimum atomic E-state index is -0.223. The van der Waals surface area contributed by atoms with Gasteiger partial charge >= 0.3 is 0 Å². The number of aryl methyl sites for hydroxylation is 1. The van der Waals surface area contributed by atoms with Gasteiger partial charge in [-0.05, 0) is 17.7 Å². The largest absolute Gasteiger partial charge is 0.390 e. The van der Waals surface area contributed by atoms with Gasteiger partial charge in [-0.1, -0.05) is 18.2 Å². The summed E-state index contributed by atoms with van der Waals surface area (Å²) in [5.41, 5.74) is 2.10. The van der Waals surface area contributed by atoms with Gasteiger partial charge in [-0.25, -0.2) is 4.39 Å². The molecule has 0 saturated heterocycles. The fourth-order valence-corrected chi connectivity index (χ4v) is 1.64. The molecule has 2 rings (SSSR count). The summed E-state index contributed by atoms with van der Waals surface area (Å²) in [6.07, 6.45) is 0.445. The fourth-order valence-electron chi connectivity index (χ4n) is 1.64. The molecule has 0 radical (unpaired) electrons. The summed E-state index contributed by atoms with van der Waals surface area (Å²) in [5, 5.41) is 13.2. The normalized spacial score (nSPS) is 10.7. The number of halogens is 1. The van der Waals surface area contributed by atoms with Gasteiger partial charge in [0.05, 0.1) is 18.0 Å². The average Bonchev–Trinajstić information content (AvgIpc) is 2.62. The van der Waals surface area contributed by atoms with Crippen LogP contribution in [-0.4, -0.2) is 14.9 Å². The third-order valence-electron chi connectivity index (χ3n) is 2.52. The maximum Gasteiger partial charge on any atom is 0.126 e. The van der Waals surface area contributed by atoms with E-state index in [1.165, 1.54) is 6.07 Å². The van der Waals surface area contributed by atoms with Gasteiger partial charge in [0.15, 0.2) is 0 Å². The summed E-state index contributed by atoms with van der Waals surface area (Å²) < 4.78 is 15.0. The summed E-state index contributed by atoms with van der Waals surface area (Å²) in [6.45, 7) is -0.0548. The van der Waals surface area contributed by atoms with E-state index in [9.17, 15) is 4.39 Å². The molecule has 0 bridgehead atoms. The summed E-state index contributed by atoms with van der Waals surface area (Å²) in [4.78, 5) is 0. The van der Waals surface area contributed by atoms with Crippen LogP contribution < -0.4 is 0 Å². The lowest BCUT2D eigenvalue weighted by atomic mass is 10.1. The van der Waals surface area contributed by atoms with Crippen LogP contribution in [0.2, 0.25) is 0 Å². The molecule has 16 heavy (non-hydrogen) atoms. The van der Waals surface area contributed by atoms with Crippen molar-refractivity contribution in [3.8, 4) is 0 Å². The zero-order valence-corrected chi connectivity index (χ0v) is 9.02. The Hall–Kier alpha value is -1.68. The number of aliphatic hydroxyl groups excluding tert-OH is 1. The van der Waals surface area contributed by atoms with Gasteiger partial charge in [-0.3, -0.25) is 4.68 Å². The lowest BCUT2D eigenvalue weighted by molar-refractivity contribution is 0.270. The van der Waals surface area contributed by atoms with E-state index in [1.54, 1.807) is 36.0 Å². The van der Waals surface area contributed by atoms with Gasteiger partial charge in [0, 0.05) is 13.5 Å². The van der Waals surface area contributed by atoms with Crippen LogP contribution in [0.5, 0.6) is 0 Å². The molecule has 0 aliphatic heterocycles. The Morgan fingerprint density at radius 1 is 1.38 bits per heavy atom. The highest BCUT2D eigenvalue weighted by molar-refractivity contribution is 5.24. The van der Waals surface area contributed by atoms with E-state index in [0.717, 1.165) is 11.4 Å². The summed E-state index contributed by atoms with van der Waals surface area (Å²) in [6, 6.07) is 8.42. The molecule has 0 spiro atoms. The molecule has 3 nitrogen and oxygen atoms in total. The molecular weight excluding hydrogens is 207 g/mol. The number of hydrogen-bond acceptors (Lipinski definition) is 2. The lowest BCUT2D eigenvalue weighted by Gasteiger charge is -1.99. The molecule has 2 aromatic rings. The summed E-state index contributed by atoms with van der Waals surface area (Å²) in [7, 11) is 1.76. The van der Waals surface area contributed by atoms with Crippen molar-refractivity contribution >= 4 is 0 Å². The second kappa shape index (κ2) is 4.45. The SMILES string of the molecule is Cn1nc(Cc2ccccc2F)cc1CO. The fraction of sp³-hybridized carbons (Fsp3) is 0.250. The molecule has 0 amide bonds. The Bertz CT molecular complexity index is 494. The van der Waals surface area contributed by atoms with Crippen LogP contribution in [0.3, 0.4) is 0 Å². The van der Waals surface area contributed by atoms with Crippen molar-refractivity contribution in [1.82, 2.24) is 9.78 Å². The Labute approximate surface area is 93.2 Å². The first-order valence-electron chi connectivity index (χ1n) is 5.06. The zero-order chi connectivity index (χ0) is 11.5. The predicted molar refractivity (Wildman–Crippen MR) is 58.3 cm³/mol. The topological polar surface area (TPSA) is 38.0 Å². The quantitative estimate of drug-likeness (QED) is 0.854. The van der Waals surface area contributed by atoms with Crippen molar-refractivity contribution in [2.45, 2.75) is 13.0 Å². The maximum atomic E-state index is 13.4. The van der Waals surface area contributed by atoms with E-state index < -0.39 is 0 Å². The minimum Gasteiger partial charge on any atom is -0.390 e. The van der Waals surface area contributed by atoms with Crippen molar-refractivity contribution in [2.75, 3.05) is 0 Å². The number of benzene rings is 1. The number of hydrogen-bond donors (Lipinski definition) is 1. The van der Waals surface area contributed by atoms with Gasteiger partial charge in [-0.2, -0.15) is 5.10 Å². The lowest BCUT2D eigenvalue weighted by Crippen LogP contribution is -1.98. The van der Waals surface area contributed by atoms with E-state index in [4.69, 9.17) is 5.11 Å². The molecule has 1 heterocycles. The number of rotatable bonds is 3. The highest BCUT2D eigenvalue weighted by Gasteiger charge is 2.07. The first-order valence-corrected chi connectivity index (χ1v) is 5.06. The van der Waals surface area contributed by atoms with Crippen LogP contribution in [-0.2, 0) is 20.1 Å². The zero-order valence-electron chi connectivity index (χ0n) is 9.02. The Balaban J connectivity index is 2.24. The molecule has 0 aliphatic rings. The van der Waals surface area contributed by atoms with Gasteiger partial charge in [0.25, 0.3) is 0 Å². The third kappa shape index (κ3) is 2.12. The van der Waals surface area contributed by atoms with Crippen molar-refractivity contribution in [2.24, 2.45) is 7.05 Å². The van der Waals surface area contributed by atoms with Crippen LogP contribution >= 0.6 is 0 Å². The highest BCUT2D eigenvalue weighted by atomic mass is 19.1. The van der Waals surface area contributed by atoms with Crippen molar-refractivity contribution in [3.05, 3.63) is 53.1 Å². The first-order chi connectivity index (χ1) is 7.70.